The Morgan fingerprint density at radius 1 is 1.00 bits per heavy atom. The Morgan fingerprint density at radius 3 is 2.45 bits per heavy atom. The van der Waals surface area contributed by atoms with E-state index >= 15 is 0 Å². The molecule has 20 heavy (non-hydrogen) atoms. The Labute approximate surface area is 121 Å². The molecule has 0 spiro atoms. The third kappa shape index (κ3) is 3.61. The van der Waals surface area contributed by atoms with Gasteiger partial charge in [-0.25, -0.2) is 0 Å². The summed E-state index contributed by atoms with van der Waals surface area (Å²) in [5.74, 6) is 0. The van der Waals surface area contributed by atoms with Gasteiger partial charge >= 0.3 is 0 Å². The van der Waals surface area contributed by atoms with Gasteiger partial charge in [-0.3, -0.25) is 0 Å². The summed E-state index contributed by atoms with van der Waals surface area (Å²) in [4.78, 5) is 0. The first-order chi connectivity index (χ1) is 9.58. The van der Waals surface area contributed by atoms with Crippen LogP contribution in [0.25, 0.3) is 0 Å². The molecule has 0 heterocycles. The Balaban J connectivity index is 1.92. The highest BCUT2D eigenvalue weighted by atomic mass is 16.3. The Kier molecular flexibility index (Phi) is 4.80. The standard InChI is InChI=1S/C18H23NO/c1-13-8-9-16(15(3)12-13)18(20)10-11-19-17-7-5-4-6-14(17)2/h4-9,12,18-20H,10-11H2,1-3H3. The molecule has 106 valence electrons. The summed E-state index contributed by atoms with van der Waals surface area (Å²) in [7, 11) is 0. The van der Waals surface area contributed by atoms with Gasteiger partial charge in [0.05, 0.1) is 6.10 Å². The number of para-hydroxylation sites is 1. The normalized spacial score (nSPS) is 12.2. The van der Waals surface area contributed by atoms with E-state index in [1.807, 2.05) is 18.2 Å². The molecule has 0 amide bonds. The van der Waals surface area contributed by atoms with Crippen LogP contribution in [0.1, 0.15) is 34.8 Å². The van der Waals surface area contributed by atoms with Gasteiger partial charge in [0, 0.05) is 12.2 Å². The number of rotatable bonds is 5. The minimum Gasteiger partial charge on any atom is -0.388 e. The number of aliphatic hydroxyl groups excluding tert-OH is 1. The molecule has 2 rings (SSSR count). The molecule has 1 unspecified atom stereocenters. The van der Waals surface area contributed by atoms with Crippen LogP contribution in [0.2, 0.25) is 0 Å². The smallest absolute Gasteiger partial charge is 0.0809 e. The van der Waals surface area contributed by atoms with E-state index in [0.717, 1.165) is 23.4 Å². The highest BCUT2D eigenvalue weighted by molar-refractivity contribution is 5.50. The molecule has 0 aliphatic carbocycles. The summed E-state index contributed by atoms with van der Waals surface area (Å²) in [6.45, 7) is 6.98. The van der Waals surface area contributed by atoms with Crippen molar-refractivity contribution in [2.24, 2.45) is 0 Å². The van der Waals surface area contributed by atoms with Crippen LogP contribution >= 0.6 is 0 Å². The fourth-order valence-corrected chi connectivity index (χ4v) is 2.47. The van der Waals surface area contributed by atoms with Crippen molar-refractivity contribution < 1.29 is 5.11 Å². The average molecular weight is 269 g/mol. The summed E-state index contributed by atoms with van der Waals surface area (Å²) in [6.07, 6.45) is 0.297. The van der Waals surface area contributed by atoms with Gasteiger partial charge in [0.25, 0.3) is 0 Å². The zero-order valence-corrected chi connectivity index (χ0v) is 12.5. The van der Waals surface area contributed by atoms with Crippen molar-refractivity contribution in [1.82, 2.24) is 0 Å². The van der Waals surface area contributed by atoms with Gasteiger partial charge in [0.15, 0.2) is 0 Å². The van der Waals surface area contributed by atoms with Crippen LogP contribution in [0.15, 0.2) is 42.5 Å². The number of benzene rings is 2. The zero-order valence-electron chi connectivity index (χ0n) is 12.5. The van der Waals surface area contributed by atoms with Gasteiger partial charge in [-0.05, 0) is 49.9 Å². The van der Waals surface area contributed by atoms with Crippen LogP contribution in [0, 0.1) is 20.8 Å². The van der Waals surface area contributed by atoms with Crippen molar-refractivity contribution in [3.05, 3.63) is 64.7 Å². The van der Waals surface area contributed by atoms with E-state index in [2.05, 4.69) is 50.4 Å². The maximum Gasteiger partial charge on any atom is 0.0809 e. The largest absolute Gasteiger partial charge is 0.388 e. The number of anilines is 1. The van der Waals surface area contributed by atoms with Crippen LogP contribution in [0.3, 0.4) is 0 Å². The lowest BCUT2D eigenvalue weighted by Crippen LogP contribution is -2.09. The molecule has 0 saturated carbocycles. The summed E-state index contributed by atoms with van der Waals surface area (Å²) in [5.41, 5.74) is 5.79. The molecule has 2 aromatic carbocycles. The molecular formula is C18H23NO. The first-order valence-corrected chi connectivity index (χ1v) is 7.12. The molecule has 0 aromatic heterocycles. The summed E-state index contributed by atoms with van der Waals surface area (Å²) < 4.78 is 0. The van der Waals surface area contributed by atoms with Crippen molar-refractivity contribution in [1.29, 1.82) is 0 Å². The topological polar surface area (TPSA) is 32.3 Å². The van der Waals surface area contributed by atoms with Gasteiger partial charge in [-0.2, -0.15) is 0 Å². The number of aliphatic hydroxyl groups is 1. The second-order valence-corrected chi connectivity index (χ2v) is 5.41. The summed E-state index contributed by atoms with van der Waals surface area (Å²) in [5, 5.41) is 13.7. The van der Waals surface area contributed by atoms with Crippen LogP contribution in [0.5, 0.6) is 0 Å². The van der Waals surface area contributed by atoms with Gasteiger partial charge < -0.3 is 10.4 Å². The SMILES string of the molecule is Cc1ccc(C(O)CCNc2ccccc2C)c(C)c1. The maximum absolute atomic E-state index is 10.3. The molecule has 0 aliphatic rings. The van der Waals surface area contributed by atoms with Crippen molar-refractivity contribution >= 4 is 5.69 Å². The van der Waals surface area contributed by atoms with E-state index in [0.29, 0.717) is 6.42 Å². The molecule has 0 bridgehead atoms. The number of hydrogen-bond acceptors (Lipinski definition) is 2. The minimum atomic E-state index is -0.410. The lowest BCUT2D eigenvalue weighted by atomic mass is 9.99. The van der Waals surface area contributed by atoms with Crippen molar-refractivity contribution in [3.63, 3.8) is 0 Å². The molecule has 0 aliphatic heterocycles. The third-order valence-corrected chi connectivity index (χ3v) is 3.66. The molecule has 1 atom stereocenters. The highest BCUT2D eigenvalue weighted by Crippen LogP contribution is 2.22. The summed E-state index contributed by atoms with van der Waals surface area (Å²) in [6, 6.07) is 14.4. The average Bonchev–Trinajstić information content (AvgIpc) is 2.40. The molecule has 2 aromatic rings. The molecule has 0 radical (unpaired) electrons. The molecule has 2 nitrogen and oxygen atoms in total. The third-order valence-electron chi connectivity index (χ3n) is 3.66. The lowest BCUT2D eigenvalue weighted by molar-refractivity contribution is 0.171. The van der Waals surface area contributed by atoms with Crippen LogP contribution in [-0.2, 0) is 0 Å². The van der Waals surface area contributed by atoms with Crippen LogP contribution < -0.4 is 5.32 Å². The predicted molar refractivity (Wildman–Crippen MR) is 85.2 cm³/mol. The van der Waals surface area contributed by atoms with Crippen molar-refractivity contribution in [3.8, 4) is 0 Å². The minimum absolute atomic E-state index is 0.410. The first-order valence-electron chi connectivity index (χ1n) is 7.12. The number of aryl methyl sites for hydroxylation is 3. The predicted octanol–water partition coefficient (Wildman–Crippen LogP) is 4.15. The van der Waals surface area contributed by atoms with E-state index in [-0.39, 0.29) is 0 Å². The first kappa shape index (κ1) is 14.6. The van der Waals surface area contributed by atoms with Crippen LogP contribution in [0.4, 0.5) is 5.69 Å². The zero-order chi connectivity index (χ0) is 14.5. The quantitative estimate of drug-likeness (QED) is 0.854. The van der Waals surface area contributed by atoms with Crippen LogP contribution in [-0.4, -0.2) is 11.7 Å². The van der Waals surface area contributed by atoms with E-state index in [9.17, 15) is 5.11 Å². The molecule has 0 fully saturated rings. The van der Waals surface area contributed by atoms with Gasteiger partial charge in [-0.1, -0.05) is 42.0 Å². The molecule has 0 saturated heterocycles. The van der Waals surface area contributed by atoms with E-state index in [1.54, 1.807) is 0 Å². The fraction of sp³-hybridized carbons (Fsp3) is 0.333. The van der Waals surface area contributed by atoms with Gasteiger partial charge in [-0.15, -0.1) is 0 Å². The van der Waals surface area contributed by atoms with Gasteiger partial charge in [0.2, 0.25) is 0 Å². The maximum atomic E-state index is 10.3. The van der Waals surface area contributed by atoms with E-state index < -0.39 is 6.10 Å². The highest BCUT2D eigenvalue weighted by Gasteiger charge is 2.10. The van der Waals surface area contributed by atoms with Crippen molar-refractivity contribution in [2.45, 2.75) is 33.3 Å². The lowest BCUT2D eigenvalue weighted by Gasteiger charge is -2.16. The summed E-state index contributed by atoms with van der Waals surface area (Å²) >= 11 is 0. The van der Waals surface area contributed by atoms with Crippen molar-refractivity contribution in [2.75, 3.05) is 11.9 Å². The molecular weight excluding hydrogens is 246 g/mol. The second-order valence-electron chi connectivity index (χ2n) is 5.41. The molecule has 2 heteroatoms. The van der Waals surface area contributed by atoms with E-state index in [1.165, 1.54) is 11.1 Å². The van der Waals surface area contributed by atoms with Gasteiger partial charge in [0.1, 0.15) is 0 Å². The Hall–Kier alpha value is -1.80. The van der Waals surface area contributed by atoms with E-state index in [4.69, 9.17) is 0 Å². The Morgan fingerprint density at radius 2 is 1.75 bits per heavy atom. The number of nitrogens with one attached hydrogen (secondary N) is 1. The Bertz CT molecular complexity index is 577. The number of hydrogen-bond donors (Lipinski definition) is 2. The second kappa shape index (κ2) is 6.58. The fourth-order valence-electron chi connectivity index (χ4n) is 2.47. The molecule has 2 N–H and O–H groups in total. The monoisotopic (exact) mass is 269 g/mol.